The zero-order valence-corrected chi connectivity index (χ0v) is 12.7. The van der Waals surface area contributed by atoms with Crippen molar-refractivity contribution >= 4 is 23.1 Å². The molecule has 1 unspecified atom stereocenters. The molecular formula is C15H22N2OS. The summed E-state index contributed by atoms with van der Waals surface area (Å²) in [5.74, 6) is 0.675. The number of carbonyl (C=O) groups is 1. The van der Waals surface area contributed by atoms with Gasteiger partial charge in [-0.25, -0.2) is 0 Å². The molecule has 1 rings (SSSR count). The fourth-order valence-corrected chi connectivity index (χ4v) is 1.93. The van der Waals surface area contributed by atoms with E-state index in [0.717, 1.165) is 24.1 Å². The monoisotopic (exact) mass is 278 g/mol. The van der Waals surface area contributed by atoms with E-state index in [1.807, 2.05) is 31.3 Å². The fourth-order valence-electron chi connectivity index (χ4n) is 1.79. The van der Waals surface area contributed by atoms with Gasteiger partial charge in [-0.1, -0.05) is 56.8 Å². The first-order chi connectivity index (χ1) is 8.93. The number of carbonyl (C=O) groups excluding carboxylic acids is 1. The molecule has 0 radical (unpaired) electrons. The van der Waals surface area contributed by atoms with Crippen LogP contribution in [-0.4, -0.2) is 29.4 Å². The van der Waals surface area contributed by atoms with Gasteiger partial charge in [-0.2, -0.15) is 0 Å². The maximum Gasteiger partial charge on any atom is 0.226 e. The molecule has 0 aliphatic carbocycles. The summed E-state index contributed by atoms with van der Waals surface area (Å²) >= 11 is 4.90. The molecule has 0 saturated heterocycles. The smallest absolute Gasteiger partial charge is 0.226 e. The summed E-state index contributed by atoms with van der Waals surface area (Å²) in [6.45, 7) is 5.10. The number of thiocarbonyl (C=S) groups is 1. The van der Waals surface area contributed by atoms with Gasteiger partial charge in [-0.15, -0.1) is 0 Å². The minimum atomic E-state index is 0.142. The maximum absolute atomic E-state index is 12.1. The molecule has 0 heterocycles. The highest BCUT2D eigenvalue weighted by atomic mass is 32.1. The molecule has 0 bridgehead atoms. The van der Waals surface area contributed by atoms with E-state index in [-0.39, 0.29) is 5.91 Å². The van der Waals surface area contributed by atoms with Gasteiger partial charge in [-0.05, 0) is 11.5 Å². The lowest BCUT2D eigenvalue weighted by Gasteiger charge is -2.20. The van der Waals surface area contributed by atoms with Gasteiger partial charge < -0.3 is 10.6 Å². The molecule has 0 aliphatic rings. The van der Waals surface area contributed by atoms with E-state index in [0.29, 0.717) is 17.3 Å². The molecule has 4 heteroatoms. The predicted molar refractivity (Wildman–Crippen MR) is 83.1 cm³/mol. The Hall–Kier alpha value is -1.42. The van der Waals surface area contributed by atoms with E-state index in [2.05, 4.69) is 13.8 Å². The van der Waals surface area contributed by atoms with Crippen molar-refractivity contribution in [3.05, 3.63) is 35.4 Å². The molecule has 1 aromatic rings. The molecule has 1 atom stereocenters. The van der Waals surface area contributed by atoms with E-state index < -0.39 is 0 Å². The lowest BCUT2D eigenvalue weighted by molar-refractivity contribution is -0.129. The summed E-state index contributed by atoms with van der Waals surface area (Å²) in [6, 6.07) is 7.53. The number of benzene rings is 1. The standard InChI is InChI=1S/C15H22N2OS/c1-4-11(2)10-17(3)14(18)9-12-5-7-13(8-6-12)15(16)19/h5-8,11H,4,9-10H2,1-3H3,(H2,16,19). The second-order valence-corrected chi connectivity index (χ2v) is 5.47. The van der Waals surface area contributed by atoms with Crippen molar-refractivity contribution in [2.75, 3.05) is 13.6 Å². The van der Waals surface area contributed by atoms with Crippen molar-refractivity contribution in [3.63, 3.8) is 0 Å². The molecule has 3 nitrogen and oxygen atoms in total. The Kier molecular flexibility index (Phi) is 5.96. The van der Waals surface area contributed by atoms with Crippen LogP contribution in [0.5, 0.6) is 0 Å². The zero-order chi connectivity index (χ0) is 14.4. The van der Waals surface area contributed by atoms with Crippen LogP contribution in [0.3, 0.4) is 0 Å². The van der Waals surface area contributed by atoms with Gasteiger partial charge in [0, 0.05) is 19.2 Å². The molecule has 0 fully saturated rings. The Morgan fingerprint density at radius 3 is 2.42 bits per heavy atom. The van der Waals surface area contributed by atoms with Crippen molar-refractivity contribution in [1.82, 2.24) is 4.90 Å². The van der Waals surface area contributed by atoms with Gasteiger partial charge in [-0.3, -0.25) is 4.79 Å². The van der Waals surface area contributed by atoms with Gasteiger partial charge in [0.05, 0.1) is 6.42 Å². The molecule has 0 spiro atoms. The number of amides is 1. The molecule has 19 heavy (non-hydrogen) atoms. The van der Waals surface area contributed by atoms with Crippen LogP contribution < -0.4 is 5.73 Å². The highest BCUT2D eigenvalue weighted by Gasteiger charge is 2.12. The van der Waals surface area contributed by atoms with E-state index >= 15 is 0 Å². The summed E-state index contributed by atoms with van der Waals surface area (Å²) in [5, 5.41) is 0. The van der Waals surface area contributed by atoms with Crippen LogP contribution in [-0.2, 0) is 11.2 Å². The van der Waals surface area contributed by atoms with Gasteiger partial charge in [0.25, 0.3) is 0 Å². The van der Waals surface area contributed by atoms with Gasteiger partial charge in [0.2, 0.25) is 5.91 Å². The summed E-state index contributed by atoms with van der Waals surface area (Å²) in [7, 11) is 1.86. The number of hydrogen-bond acceptors (Lipinski definition) is 2. The fraction of sp³-hybridized carbons (Fsp3) is 0.467. The number of nitrogens with two attached hydrogens (primary N) is 1. The Bertz CT molecular complexity index is 442. The summed E-state index contributed by atoms with van der Waals surface area (Å²) in [4.78, 5) is 14.2. The van der Waals surface area contributed by atoms with Gasteiger partial charge in [0.1, 0.15) is 4.99 Å². The van der Waals surface area contributed by atoms with Crippen molar-refractivity contribution in [1.29, 1.82) is 0 Å². The van der Waals surface area contributed by atoms with Crippen LogP contribution in [0.4, 0.5) is 0 Å². The maximum atomic E-state index is 12.1. The largest absolute Gasteiger partial charge is 0.389 e. The predicted octanol–water partition coefficient (Wildman–Crippen LogP) is 2.37. The van der Waals surface area contributed by atoms with Crippen molar-refractivity contribution in [2.24, 2.45) is 11.7 Å². The molecule has 0 aliphatic heterocycles. The summed E-state index contributed by atoms with van der Waals surface area (Å²) in [6.07, 6.45) is 1.50. The lowest BCUT2D eigenvalue weighted by Crippen LogP contribution is -2.32. The third-order valence-electron chi connectivity index (χ3n) is 3.30. The number of rotatable bonds is 6. The van der Waals surface area contributed by atoms with Crippen LogP contribution in [0.2, 0.25) is 0 Å². The van der Waals surface area contributed by atoms with Crippen molar-refractivity contribution in [2.45, 2.75) is 26.7 Å². The first kappa shape index (κ1) is 15.6. The molecule has 1 amide bonds. The Balaban J connectivity index is 2.59. The minimum Gasteiger partial charge on any atom is -0.389 e. The normalized spacial score (nSPS) is 11.9. The van der Waals surface area contributed by atoms with Gasteiger partial charge >= 0.3 is 0 Å². The first-order valence-corrected chi connectivity index (χ1v) is 6.97. The second kappa shape index (κ2) is 7.24. The van der Waals surface area contributed by atoms with Crippen LogP contribution in [0.1, 0.15) is 31.4 Å². The van der Waals surface area contributed by atoms with Crippen molar-refractivity contribution < 1.29 is 4.79 Å². The van der Waals surface area contributed by atoms with Crippen LogP contribution in [0.15, 0.2) is 24.3 Å². The average molecular weight is 278 g/mol. The van der Waals surface area contributed by atoms with Gasteiger partial charge in [0.15, 0.2) is 0 Å². The van der Waals surface area contributed by atoms with Crippen LogP contribution >= 0.6 is 12.2 Å². The lowest BCUT2D eigenvalue weighted by atomic mass is 10.1. The highest BCUT2D eigenvalue weighted by molar-refractivity contribution is 7.80. The van der Waals surface area contributed by atoms with E-state index in [4.69, 9.17) is 18.0 Å². The minimum absolute atomic E-state index is 0.142. The van der Waals surface area contributed by atoms with Crippen molar-refractivity contribution in [3.8, 4) is 0 Å². The molecule has 104 valence electrons. The molecular weight excluding hydrogens is 256 g/mol. The van der Waals surface area contributed by atoms with Crippen LogP contribution in [0.25, 0.3) is 0 Å². The number of hydrogen-bond donors (Lipinski definition) is 1. The summed E-state index contributed by atoms with van der Waals surface area (Å²) in [5.41, 5.74) is 7.36. The van der Waals surface area contributed by atoms with E-state index in [1.54, 1.807) is 4.90 Å². The molecule has 0 saturated carbocycles. The summed E-state index contributed by atoms with van der Waals surface area (Å²) < 4.78 is 0. The van der Waals surface area contributed by atoms with Crippen LogP contribution in [0, 0.1) is 5.92 Å². The SMILES string of the molecule is CCC(C)CN(C)C(=O)Cc1ccc(C(N)=S)cc1. The van der Waals surface area contributed by atoms with E-state index in [1.165, 1.54) is 0 Å². The Morgan fingerprint density at radius 2 is 1.95 bits per heavy atom. The number of likely N-dealkylation sites (N-methyl/N-ethyl adjacent to an activating group) is 1. The number of nitrogens with zero attached hydrogens (tertiary/aromatic N) is 1. The zero-order valence-electron chi connectivity index (χ0n) is 11.8. The third-order valence-corrected chi connectivity index (χ3v) is 3.54. The quantitative estimate of drug-likeness (QED) is 0.813. The second-order valence-electron chi connectivity index (χ2n) is 5.03. The topological polar surface area (TPSA) is 46.3 Å². The third kappa shape index (κ3) is 4.99. The molecule has 1 aromatic carbocycles. The first-order valence-electron chi connectivity index (χ1n) is 6.56. The molecule has 0 aromatic heterocycles. The average Bonchev–Trinajstić information content (AvgIpc) is 2.38. The molecule has 2 N–H and O–H groups in total. The Morgan fingerprint density at radius 1 is 1.37 bits per heavy atom. The van der Waals surface area contributed by atoms with E-state index in [9.17, 15) is 4.79 Å². The highest BCUT2D eigenvalue weighted by Crippen LogP contribution is 2.08. The Labute approximate surface area is 120 Å².